The lowest BCUT2D eigenvalue weighted by Crippen LogP contribution is -2.27. The minimum absolute atomic E-state index is 0.110. The van der Waals surface area contributed by atoms with Crippen molar-refractivity contribution in [3.05, 3.63) is 17.0 Å². The van der Waals surface area contributed by atoms with Crippen LogP contribution in [0.4, 0.5) is 0 Å². The minimum atomic E-state index is -3.39. The van der Waals surface area contributed by atoms with Crippen LogP contribution in [-0.2, 0) is 21.3 Å². The molecule has 18 heavy (non-hydrogen) atoms. The van der Waals surface area contributed by atoms with Crippen molar-refractivity contribution in [2.75, 3.05) is 20.2 Å². The van der Waals surface area contributed by atoms with Gasteiger partial charge in [0.15, 0.2) is 0 Å². The van der Waals surface area contributed by atoms with Gasteiger partial charge in [-0.15, -0.1) is 11.3 Å². The molecule has 1 heterocycles. The topological polar surface area (TPSA) is 67.4 Å². The molecular weight excluding hydrogens is 272 g/mol. The highest BCUT2D eigenvalue weighted by Gasteiger charge is 2.15. The summed E-state index contributed by atoms with van der Waals surface area (Å²) < 4.78 is 32.0. The molecule has 0 spiro atoms. The summed E-state index contributed by atoms with van der Waals surface area (Å²) in [4.78, 5) is 0.997. The molecule has 7 heteroatoms. The largest absolute Gasteiger partial charge is 0.377 e. The van der Waals surface area contributed by atoms with E-state index in [4.69, 9.17) is 4.74 Å². The second kappa shape index (κ2) is 7.20. The summed E-state index contributed by atoms with van der Waals surface area (Å²) in [5, 5.41) is 2.99. The molecular formula is C11H20N2O3S2. The van der Waals surface area contributed by atoms with E-state index >= 15 is 0 Å². The Morgan fingerprint density at radius 1 is 1.39 bits per heavy atom. The number of rotatable bonds is 8. The molecule has 0 fully saturated rings. The van der Waals surface area contributed by atoms with Crippen molar-refractivity contribution in [1.82, 2.24) is 10.0 Å². The van der Waals surface area contributed by atoms with Crippen molar-refractivity contribution in [3.8, 4) is 0 Å². The molecule has 0 aliphatic rings. The smallest absolute Gasteiger partial charge is 0.250 e. The molecule has 1 aromatic rings. The van der Waals surface area contributed by atoms with Crippen molar-refractivity contribution in [1.29, 1.82) is 0 Å². The fraction of sp³-hybridized carbons (Fsp3) is 0.636. The normalized spacial score (nSPS) is 12.2. The molecule has 1 aromatic heterocycles. The third-order valence-electron chi connectivity index (χ3n) is 2.10. The molecule has 0 atom stereocenters. The molecule has 2 N–H and O–H groups in total. The van der Waals surface area contributed by atoms with Crippen LogP contribution in [0.1, 0.15) is 18.7 Å². The minimum Gasteiger partial charge on any atom is -0.377 e. The van der Waals surface area contributed by atoms with Crippen molar-refractivity contribution in [3.63, 3.8) is 0 Å². The van der Waals surface area contributed by atoms with Crippen LogP contribution in [0, 0.1) is 0 Å². The third-order valence-corrected chi connectivity index (χ3v) is 5.14. The second-order valence-corrected chi connectivity index (χ2v) is 7.23. The maximum absolute atomic E-state index is 11.9. The van der Waals surface area contributed by atoms with Crippen LogP contribution in [-0.4, -0.2) is 34.7 Å². The van der Waals surface area contributed by atoms with E-state index < -0.39 is 10.0 Å². The Bertz CT molecular complexity index is 455. The molecule has 0 aliphatic carbocycles. The maximum atomic E-state index is 11.9. The van der Waals surface area contributed by atoms with Gasteiger partial charge in [-0.3, -0.25) is 0 Å². The molecule has 0 bridgehead atoms. The molecule has 0 radical (unpaired) electrons. The lowest BCUT2D eigenvalue weighted by Gasteiger charge is -2.08. The van der Waals surface area contributed by atoms with E-state index in [9.17, 15) is 8.42 Å². The maximum Gasteiger partial charge on any atom is 0.250 e. The summed E-state index contributed by atoms with van der Waals surface area (Å²) in [5.41, 5.74) is 0. The highest BCUT2D eigenvalue weighted by Crippen LogP contribution is 2.21. The van der Waals surface area contributed by atoms with Crippen molar-refractivity contribution < 1.29 is 13.2 Å². The Balaban J connectivity index is 2.51. The summed E-state index contributed by atoms with van der Waals surface area (Å²) >= 11 is 1.27. The average molecular weight is 292 g/mol. The van der Waals surface area contributed by atoms with Gasteiger partial charge in [-0.25, -0.2) is 13.1 Å². The Morgan fingerprint density at radius 3 is 2.72 bits per heavy atom. The molecule has 0 aromatic carbocycles. The van der Waals surface area contributed by atoms with E-state index in [1.165, 1.54) is 11.3 Å². The van der Waals surface area contributed by atoms with Crippen LogP contribution in [0.3, 0.4) is 0 Å². The van der Waals surface area contributed by atoms with Gasteiger partial charge < -0.3 is 10.1 Å². The zero-order valence-electron chi connectivity index (χ0n) is 10.9. The monoisotopic (exact) mass is 292 g/mol. The molecule has 0 unspecified atom stereocenters. The summed E-state index contributed by atoms with van der Waals surface area (Å²) in [6.45, 7) is 5.18. The number of hydrogen-bond donors (Lipinski definition) is 2. The lowest BCUT2D eigenvalue weighted by atomic mass is 10.5. The molecule has 0 aliphatic heterocycles. The van der Waals surface area contributed by atoms with E-state index in [1.54, 1.807) is 6.07 Å². The number of nitrogens with one attached hydrogen (secondary N) is 2. The fourth-order valence-corrected chi connectivity index (χ4v) is 3.74. The Morgan fingerprint density at radius 2 is 2.11 bits per heavy atom. The zero-order chi connectivity index (χ0) is 13.6. The first kappa shape index (κ1) is 15.6. The molecule has 0 saturated heterocycles. The van der Waals surface area contributed by atoms with Gasteiger partial charge >= 0.3 is 0 Å². The van der Waals surface area contributed by atoms with E-state index in [0.717, 1.165) is 4.88 Å². The van der Waals surface area contributed by atoms with Crippen LogP contribution in [0.15, 0.2) is 16.3 Å². The van der Waals surface area contributed by atoms with Gasteiger partial charge in [0.1, 0.15) is 4.21 Å². The predicted molar refractivity (Wildman–Crippen MR) is 73.4 cm³/mol. The molecule has 5 nitrogen and oxygen atoms in total. The summed E-state index contributed by atoms with van der Waals surface area (Å²) in [7, 11) is -1.57. The van der Waals surface area contributed by atoms with Crippen LogP contribution >= 0.6 is 11.3 Å². The van der Waals surface area contributed by atoms with Crippen molar-refractivity contribution in [2.45, 2.75) is 30.7 Å². The van der Waals surface area contributed by atoms with Crippen LogP contribution in [0.25, 0.3) is 0 Å². The first-order valence-electron chi connectivity index (χ1n) is 5.80. The number of hydrogen-bond acceptors (Lipinski definition) is 5. The zero-order valence-corrected chi connectivity index (χ0v) is 12.5. The van der Waals surface area contributed by atoms with Gasteiger partial charge in [-0.05, 0) is 33.0 Å². The molecule has 0 saturated carbocycles. The fourth-order valence-electron chi connectivity index (χ4n) is 1.31. The van der Waals surface area contributed by atoms with Gasteiger partial charge in [0.25, 0.3) is 0 Å². The van der Waals surface area contributed by atoms with Crippen LogP contribution in [0.5, 0.6) is 0 Å². The van der Waals surface area contributed by atoms with E-state index in [-0.39, 0.29) is 6.10 Å². The highest BCUT2D eigenvalue weighted by molar-refractivity contribution is 7.91. The van der Waals surface area contributed by atoms with Gasteiger partial charge in [0.05, 0.1) is 12.7 Å². The standard InChI is InChI=1S/C11H20N2O3S2/c1-9(2)16-7-6-13-18(14,15)11-5-4-10(17-11)8-12-3/h4-5,9,12-13H,6-8H2,1-3H3. The van der Waals surface area contributed by atoms with Gasteiger partial charge in [-0.1, -0.05) is 0 Å². The van der Waals surface area contributed by atoms with E-state index in [2.05, 4.69) is 10.0 Å². The van der Waals surface area contributed by atoms with Gasteiger partial charge in [0, 0.05) is 18.0 Å². The summed E-state index contributed by atoms with van der Waals surface area (Å²) in [5.74, 6) is 0. The van der Waals surface area contributed by atoms with Crippen molar-refractivity contribution in [2.24, 2.45) is 0 Å². The SMILES string of the molecule is CNCc1ccc(S(=O)(=O)NCCOC(C)C)s1. The van der Waals surface area contributed by atoms with E-state index in [0.29, 0.717) is 23.9 Å². The lowest BCUT2D eigenvalue weighted by molar-refractivity contribution is 0.0834. The number of ether oxygens (including phenoxy) is 1. The summed E-state index contributed by atoms with van der Waals surface area (Å²) in [6.07, 6.45) is 0.110. The second-order valence-electron chi connectivity index (χ2n) is 4.07. The first-order chi connectivity index (χ1) is 8.45. The highest BCUT2D eigenvalue weighted by atomic mass is 32.2. The van der Waals surface area contributed by atoms with Gasteiger partial charge in [0.2, 0.25) is 10.0 Å². The quantitative estimate of drug-likeness (QED) is 0.706. The Hall–Kier alpha value is -0.470. The van der Waals surface area contributed by atoms with Gasteiger partial charge in [-0.2, -0.15) is 0 Å². The molecule has 0 amide bonds. The van der Waals surface area contributed by atoms with Crippen LogP contribution < -0.4 is 10.0 Å². The van der Waals surface area contributed by atoms with Crippen molar-refractivity contribution >= 4 is 21.4 Å². The predicted octanol–water partition coefficient (Wildman–Crippen LogP) is 1.17. The third kappa shape index (κ3) is 5.03. The Labute approximate surface area is 113 Å². The van der Waals surface area contributed by atoms with Crippen LogP contribution in [0.2, 0.25) is 0 Å². The molecule has 1 rings (SSSR count). The Kier molecular flexibility index (Phi) is 6.24. The first-order valence-corrected chi connectivity index (χ1v) is 8.10. The summed E-state index contributed by atoms with van der Waals surface area (Å²) in [6, 6.07) is 3.45. The average Bonchev–Trinajstić information content (AvgIpc) is 2.74. The van der Waals surface area contributed by atoms with E-state index in [1.807, 2.05) is 27.0 Å². The number of sulfonamides is 1. The number of thiophene rings is 1. The molecule has 104 valence electrons.